The zero-order chi connectivity index (χ0) is 14.1. The minimum absolute atomic E-state index is 0.169. The zero-order valence-electron chi connectivity index (χ0n) is 11.2. The summed E-state index contributed by atoms with van der Waals surface area (Å²) in [5.74, 6) is -0.234. The topological polar surface area (TPSA) is 60.4 Å². The van der Waals surface area contributed by atoms with Crippen LogP contribution in [0, 0.1) is 6.92 Å². The molecule has 0 spiro atoms. The van der Waals surface area contributed by atoms with Crippen molar-refractivity contribution in [3.05, 3.63) is 46.6 Å². The highest BCUT2D eigenvalue weighted by molar-refractivity contribution is 7.16. The number of hydrogen-bond acceptors (Lipinski definition) is 4. The normalized spacial score (nSPS) is 12.2. The number of hydrogen-bond donors (Lipinski definition) is 0. The van der Waals surface area contributed by atoms with E-state index in [1.807, 2.05) is 35.8 Å². The van der Waals surface area contributed by atoms with Gasteiger partial charge in [0.25, 0.3) is 0 Å². The van der Waals surface area contributed by atoms with Crippen molar-refractivity contribution >= 4 is 27.5 Å². The second-order valence-corrected chi connectivity index (χ2v) is 5.36. The second kappa shape index (κ2) is 5.05. The third kappa shape index (κ3) is 2.18. The highest BCUT2D eigenvalue weighted by atomic mass is 32.1. The SMILES string of the molecule is CCn1c(=NC(=O)c2cc(C)no2)sc2ccccc21. The van der Waals surface area contributed by atoms with Crippen LogP contribution in [0.15, 0.2) is 39.8 Å². The van der Waals surface area contributed by atoms with E-state index in [0.29, 0.717) is 10.5 Å². The van der Waals surface area contributed by atoms with Crippen LogP contribution < -0.4 is 4.80 Å². The van der Waals surface area contributed by atoms with Gasteiger partial charge in [-0.2, -0.15) is 4.99 Å². The van der Waals surface area contributed by atoms with Crippen LogP contribution >= 0.6 is 11.3 Å². The van der Waals surface area contributed by atoms with Gasteiger partial charge in [-0.3, -0.25) is 4.79 Å². The average molecular weight is 287 g/mol. The molecule has 0 bridgehead atoms. The Morgan fingerprint density at radius 3 is 2.95 bits per heavy atom. The number of nitrogens with zero attached hydrogens (tertiary/aromatic N) is 3. The number of fused-ring (bicyclic) bond motifs is 1. The molecule has 20 heavy (non-hydrogen) atoms. The number of rotatable bonds is 2. The van der Waals surface area contributed by atoms with Gasteiger partial charge in [0.15, 0.2) is 4.80 Å². The van der Waals surface area contributed by atoms with Crippen molar-refractivity contribution in [3.63, 3.8) is 0 Å². The highest BCUT2D eigenvalue weighted by Crippen LogP contribution is 2.16. The first-order chi connectivity index (χ1) is 9.69. The van der Waals surface area contributed by atoms with Crippen LogP contribution in [-0.2, 0) is 6.54 Å². The summed E-state index contributed by atoms with van der Waals surface area (Å²) in [6.45, 7) is 4.55. The van der Waals surface area contributed by atoms with E-state index in [0.717, 1.165) is 16.8 Å². The van der Waals surface area contributed by atoms with Gasteiger partial charge in [0.2, 0.25) is 5.76 Å². The van der Waals surface area contributed by atoms with Gasteiger partial charge < -0.3 is 9.09 Å². The zero-order valence-corrected chi connectivity index (χ0v) is 12.0. The maximum atomic E-state index is 12.1. The van der Waals surface area contributed by atoms with E-state index in [2.05, 4.69) is 10.1 Å². The summed E-state index contributed by atoms with van der Waals surface area (Å²) in [5.41, 5.74) is 1.75. The first kappa shape index (κ1) is 12.8. The summed E-state index contributed by atoms with van der Waals surface area (Å²) in [7, 11) is 0. The summed E-state index contributed by atoms with van der Waals surface area (Å²) in [6.07, 6.45) is 0. The van der Waals surface area contributed by atoms with E-state index in [-0.39, 0.29) is 5.76 Å². The lowest BCUT2D eigenvalue weighted by Gasteiger charge is -1.98. The Kier molecular flexibility index (Phi) is 3.23. The summed E-state index contributed by atoms with van der Waals surface area (Å²) in [4.78, 5) is 16.9. The van der Waals surface area contributed by atoms with Crippen LogP contribution in [0.2, 0.25) is 0 Å². The number of amides is 1. The van der Waals surface area contributed by atoms with Crippen molar-refractivity contribution in [1.29, 1.82) is 0 Å². The molecule has 1 aromatic carbocycles. The molecule has 2 heterocycles. The van der Waals surface area contributed by atoms with Gasteiger partial charge in [-0.25, -0.2) is 0 Å². The lowest BCUT2D eigenvalue weighted by molar-refractivity contribution is 0.0962. The van der Waals surface area contributed by atoms with E-state index in [1.165, 1.54) is 11.3 Å². The molecule has 0 aliphatic carbocycles. The van der Waals surface area contributed by atoms with E-state index >= 15 is 0 Å². The molecule has 0 atom stereocenters. The molecule has 3 rings (SSSR count). The molecule has 102 valence electrons. The molecule has 3 aromatic rings. The molecule has 0 aliphatic rings. The van der Waals surface area contributed by atoms with Crippen molar-refractivity contribution in [2.24, 2.45) is 4.99 Å². The fraction of sp³-hybridized carbons (Fsp3) is 0.214. The molecule has 0 unspecified atom stereocenters. The molecule has 0 saturated heterocycles. The monoisotopic (exact) mass is 287 g/mol. The lowest BCUT2D eigenvalue weighted by Crippen LogP contribution is -2.15. The molecule has 0 fully saturated rings. The fourth-order valence-corrected chi connectivity index (χ4v) is 3.11. The van der Waals surface area contributed by atoms with E-state index in [4.69, 9.17) is 4.52 Å². The summed E-state index contributed by atoms with van der Waals surface area (Å²) in [5, 5.41) is 3.71. The van der Waals surface area contributed by atoms with Gasteiger partial charge in [-0.1, -0.05) is 28.6 Å². The number of aromatic nitrogens is 2. The first-order valence-corrected chi connectivity index (χ1v) is 7.11. The fourth-order valence-electron chi connectivity index (χ4n) is 2.02. The van der Waals surface area contributed by atoms with Crippen molar-refractivity contribution in [1.82, 2.24) is 9.72 Å². The molecule has 6 heteroatoms. The third-order valence-corrected chi connectivity index (χ3v) is 4.00. The standard InChI is InChI=1S/C14H13N3O2S/c1-3-17-10-6-4-5-7-12(10)20-14(17)15-13(18)11-8-9(2)16-19-11/h4-8H,3H2,1-2H3. The Morgan fingerprint density at radius 2 is 2.25 bits per heavy atom. The number of carbonyl (C=O) groups excluding carboxylic acids is 1. The minimum Gasteiger partial charge on any atom is -0.351 e. The Balaban J connectivity index is 2.13. The van der Waals surface area contributed by atoms with Crippen LogP contribution in [0.4, 0.5) is 0 Å². The molecule has 5 nitrogen and oxygen atoms in total. The van der Waals surface area contributed by atoms with Crippen LogP contribution in [0.5, 0.6) is 0 Å². The summed E-state index contributed by atoms with van der Waals surface area (Å²) < 4.78 is 8.07. The predicted molar refractivity (Wildman–Crippen MR) is 76.6 cm³/mol. The number of carbonyl (C=O) groups is 1. The molecule has 0 N–H and O–H groups in total. The molecular formula is C14H13N3O2S. The van der Waals surface area contributed by atoms with Crippen molar-refractivity contribution < 1.29 is 9.32 Å². The Labute approximate surface area is 119 Å². The highest BCUT2D eigenvalue weighted by Gasteiger charge is 2.12. The van der Waals surface area contributed by atoms with E-state index in [9.17, 15) is 4.79 Å². The lowest BCUT2D eigenvalue weighted by atomic mass is 10.3. The van der Waals surface area contributed by atoms with Crippen LogP contribution in [-0.4, -0.2) is 15.6 Å². The summed E-state index contributed by atoms with van der Waals surface area (Å²) in [6, 6.07) is 9.60. The van der Waals surface area contributed by atoms with Crippen molar-refractivity contribution in [2.75, 3.05) is 0 Å². The van der Waals surface area contributed by atoms with Crippen molar-refractivity contribution in [2.45, 2.75) is 20.4 Å². The molecule has 0 radical (unpaired) electrons. The van der Waals surface area contributed by atoms with Crippen molar-refractivity contribution in [3.8, 4) is 0 Å². The predicted octanol–water partition coefficient (Wildman–Crippen LogP) is 2.76. The van der Waals surface area contributed by atoms with Gasteiger partial charge >= 0.3 is 5.91 Å². The van der Waals surface area contributed by atoms with Gasteiger partial charge in [0, 0.05) is 12.6 Å². The first-order valence-electron chi connectivity index (χ1n) is 6.30. The number of benzene rings is 1. The Hall–Kier alpha value is -2.21. The molecule has 2 aromatic heterocycles. The largest absolute Gasteiger partial charge is 0.351 e. The maximum absolute atomic E-state index is 12.1. The quantitative estimate of drug-likeness (QED) is 0.728. The smallest absolute Gasteiger partial charge is 0.318 e. The van der Waals surface area contributed by atoms with Gasteiger partial charge in [0.05, 0.1) is 15.9 Å². The Bertz CT molecular complexity index is 841. The maximum Gasteiger partial charge on any atom is 0.318 e. The molecule has 0 saturated carbocycles. The van der Waals surface area contributed by atoms with E-state index in [1.54, 1.807) is 13.0 Å². The molecular weight excluding hydrogens is 274 g/mol. The van der Waals surface area contributed by atoms with Gasteiger partial charge in [-0.15, -0.1) is 0 Å². The number of para-hydroxylation sites is 1. The second-order valence-electron chi connectivity index (χ2n) is 4.35. The number of thiazole rings is 1. The Morgan fingerprint density at radius 1 is 1.45 bits per heavy atom. The molecule has 1 amide bonds. The number of aryl methyl sites for hydroxylation is 2. The van der Waals surface area contributed by atoms with Gasteiger partial charge in [-0.05, 0) is 26.0 Å². The van der Waals surface area contributed by atoms with Crippen LogP contribution in [0.25, 0.3) is 10.2 Å². The average Bonchev–Trinajstić information content (AvgIpc) is 3.01. The summed E-state index contributed by atoms with van der Waals surface area (Å²) >= 11 is 1.49. The molecule has 0 aliphatic heterocycles. The van der Waals surface area contributed by atoms with Gasteiger partial charge in [0.1, 0.15) is 0 Å². The minimum atomic E-state index is -0.403. The third-order valence-electron chi connectivity index (χ3n) is 2.94. The van der Waals surface area contributed by atoms with Crippen LogP contribution in [0.3, 0.4) is 0 Å². The van der Waals surface area contributed by atoms with E-state index < -0.39 is 5.91 Å². The van der Waals surface area contributed by atoms with Crippen LogP contribution in [0.1, 0.15) is 23.2 Å².